The number of carbonyl (C=O) groups is 1. The lowest BCUT2D eigenvalue weighted by atomic mass is 10.1. The lowest BCUT2D eigenvalue weighted by Crippen LogP contribution is -2.45. The predicted octanol–water partition coefficient (Wildman–Crippen LogP) is 2.55. The van der Waals surface area contributed by atoms with Gasteiger partial charge in [0.05, 0.1) is 12.1 Å². The van der Waals surface area contributed by atoms with Crippen molar-refractivity contribution < 1.29 is 14.3 Å². The van der Waals surface area contributed by atoms with Crippen LogP contribution in [0.2, 0.25) is 0 Å². The van der Waals surface area contributed by atoms with Crippen molar-refractivity contribution in [3.8, 4) is 0 Å². The summed E-state index contributed by atoms with van der Waals surface area (Å²) in [4.78, 5) is 14.5. The van der Waals surface area contributed by atoms with E-state index in [1.165, 1.54) is 5.56 Å². The number of hydrogen-bond acceptors (Lipinski definition) is 4. The number of rotatable bonds is 3. The number of fused-ring (bicyclic) bond motifs is 1. The van der Waals surface area contributed by atoms with Gasteiger partial charge in [0, 0.05) is 25.7 Å². The van der Waals surface area contributed by atoms with Crippen LogP contribution in [0.1, 0.15) is 32.8 Å². The van der Waals surface area contributed by atoms with Crippen molar-refractivity contribution in [1.82, 2.24) is 10.2 Å². The van der Waals surface area contributed by atoms with Crippen LogP contribution in [0.15, 0.2) is 30.3 Å². The Morgan fingerprint density at radius 2 is 2.09 bits per heavy atom. The van der Waals surface area contributed by atoms with Crippen molar-refractivity contribution in [3.05, 3.63) is 35.9 Å². The molecule has 3 atom stereocenters. The molecule has 3 unspecified atom stereocenters. The largest absolute Gasteiger partial charge is 0.444 e. The summed E-state index contributed by atoms with van der Waals surface area (Å²) in [6.07, 6.45) is 0.717. The van der Waals surface area contributed by atoms with E-state index in [2.05, 4.69) is 34.5 Å². The van der Waals surface area contributed by atoms with Crippen LogP contribution in [-0.2, 0) is 16.0 Å². The van der Waals surface area contributed by atoms with Gasteiger partial charge >= 0.3 is 6.09 Å². The fourth-order valence-corrected chi connectivity index (χ4v) is 3.45. The highest BCUT2D eigenvalue weighted by Crippen LogP contribution is 2.30. The molecule has 0 bridgehead atoms. The fourth-order valence-electron chi connectivity index (χ4n) is 3.45. The number of nitrogens with zero attached hydrogens (tertiary/aromatic N) is 1. The van der Waals surface area contributed by atoms with E-state index >= 15 is 0 Å². The normalized spacial score (nSPS) is 27.7. The third kappa shape index (κ3) is 4.03. The molecule has 5 heteroatoms. The van der Waals surface area contributed by atoms with E-state index in [-0.39, 0.29) is 18.2 Å². The van der Waals surface area contributed by atoms with Crippen LogP contribution in [0.25, 0.3) is 0 Å². The van der Waals surface area contributed by atoms with E-state index in [4.69, 9.17) is 9.47 Å². The summed E-state index contributed by atoms with van der Waals surface area (Å²) in [6.45, 7) is 8.06. The third-order valence-corrected chi connectivity index (χ3v) is 4.33. The first-order chi connectivity index (χ1) is 10.9. The van der Waals surface area contributed by atoms with Gasteiger partial charge in [-0.15, -0.1) is 0 Å². The van der Waals surface area contributed by atoms with Crippen LogP contribution in [0.3, 0.4) is 0 Å². The highest BCUT2D eigenvalue weighted by Gasteiger charge is 2.46. The minimum absolute atomic E-state index is 0.0129. The first kappa shape index (κ1) is 16.3. The molecule has 5 nitrogen and oxygen atoms in total. The number of carbonyl (C=O) groups excluding carboxylic acids is 1. The molecule has 1 N–H and O–H groups in total. The minimum Gasteiger partial charge on any atom is -0.444 e. The number of ether oxygens (including phenoxy) is 2. The Morgan fingerprint density at radius 1 is 1.35 bits per heavy atom. The molecule has 0 aliphatic carbocycles. The molecule has 3 rings (SSSR count). The molecule has 2 aliphatic heterocycles. The molecule has 2 heterocycles. The molecule has 1 amide bonds. The summed E-state index contributed by atoms with van der Waals surface area (Å²) < 4.78 is 11.3. The van der Waals surface area contributed by atoms with Gasteiger partial charge in [0.1, 0.15) is 5.60 Å². The first-order valence-corrected chi connectivity index (χ1v) is 8.31. The van der Waals surface area contributed by atoms with Crippen LogP contribution in [-0.4, -0.2) is 47.9 Å². The summed E-state index contributed by atoms with van der Waals surface area (Å²) >= 11 is 0. The zero-order valence-corrected chi connectivity index (χ0v) is 14.1. The number of nitrogens with one attached hydrogen (secondary N) is 1. The number of likely N-dealkylation sites (tertiary alicyclic amines) is 1. The Kier molecular flexibility index (Phi) is 4.60. The SMILES string of the molecule is CC(C)(C)OC(=O)NC1CN(Cc2ccccc2)C2CCOC12. The maximum absolute atomic E-state index is 12.1. The molecule has 0 radical (unpaired) electrons. The summed E-state index contributed by atoms with van der Waals surface area (Å²) in [5.74, 6) is 0. The van der Waals surface area contributed by atoms with Gasteiger partial charge in [0.2, 0.25) is 0 Å². The van der Waals surface area contributed by atoms with Gasteiger partial charge in [-0.2, -0.15) is 0 Å². The number of benzene rings is 1. The maximum atomic E-state index is 12.1. The van der Waals surface area contributed by atoms with Crippen molar-refractivity contribution >= 4 is 6.09 Å². The fraction of sp³-hybridized carbons (Fsp3) is 0.611. The third-order valence-electron chi connectivity index (χ3n) is 4.33. The van der Waals surface area contributed by atoms with Crippen LogP contribution in [0.5, 0.6) is 0 Å². The molecule has 0 saturated carbocycles. The molecule has 0 spiro atoms. The van der Waals surface area contributed by atoms with Gasteiger partial charge in [-0.25, -0.2) is 4.79 Å². The molecule has 1 aromatic rings. The lowest BCUT2D eigenvalue weighted by Gasteiger charge is -2.23. The van der Waals surface area contributed by atoms with E-state index in [1.807, 2.05) is 26.8 Å². The molecular formula is C18H26N2O3. The molecule has 2 saturated heterocycles. The average molecular weight is 318 g/mol. The van der Waals surface area contributed by atoms with Crippen molar-refractivity contribution in [3.63, 3.8) is 0 Å². The summed E-state index contributed by atoms with van der Waals surface area (Å²) in [6, 6.07) is 10.8. The quantitative estimate of drug-likeness (QED) is 0.930. The average Bonchev–Trinajstić information content (AvgIpc) is 3.03. The number of hydrogen-bond donors (Lipinski definition) is 1. The monoisotopic (exact) mass is 318 g/mol. The highest BCUT2D eigenvalue weighted by atomic mass is 16.6. The van der Waals surface area contributed by atoms with E-state index in [0.717, 1.165) is 26.1 Å². The molecule has 1 aromatic carbocycles. The molecule has 2 fully saturated rings. The number of alkyl carbamates (subject to hydrolysis) is 1. The van der Waals surface area contributed by atoms with Gasteiger partial charge in [0.25, 0.3) is 0 Å². The van der Waals surface area contributed by atoms with Crippen molar-refractivity contribution in [2.45, 2.75) is 57.5 Å². The summed E-state index contributed by atoms with van der Waals surface area (Å²) in [7, 11) is 0. The molecule has 2 aliphatic rings. The Hall–Kier alpha value is -1.59. The molecule has 23 heavy (non-hydrogen) atoms. The first-order valence-electron chi connectivity index (χ1n) is 8.31. The van der Waals surface area contributed by atoms with Crippen LogP contribution in [0, 0.1) is 0 Å². The Bertz CT molecular complexity index is 541. The van der Waals surface area contributed by atoms with Gasteiger partial charge < -0.3 is 14.8 Å². The maximum Gasteiger partial charge on any atom is 0.408 e. The molecule has 126 valence electrons. The minimum atomic E-state index is -0.484. The van der Waals surface area contributed by atoms with E-state index in [9.17, 15) is 4.79 Å². The summed E-state index contributed by atoms with van der Waals surface area (Å²) in [5.41, 5.74) is 0.804. The highest BCUT2D eigenvalue weighted by molar-refractivity contribution is 5.68. The second-order valence-electron chi connectivity index (χ2n) is 7.36. The van der Waals surface area contributed by atoms with Gasteiger partial charge in [-0.05, 0) is 32.8 Å². The zero-order chi connectivity index (χ0) is 16.4. The smallest absolute Gasteiger partial charge is 0.408 e. The van der Waals surface area contributed by atoms with E-state index in [1.54, 1.807) is 0 Å². The predicted molar refractivity (Wildman–Crippen MR) is 88.2 cm³/mol. The number of amides is 1. The van der Waals surface area contributed by atoms with E-state index < -0.39 is 5.60 Å². The Balaban J connectivity index is 1.63. The molecular weight excluding hydrogens is 292 g/mol. The van der Waals surface area contributed by atoms with Crippen LogP contribution >= 0.6 is 0 Å². The van der Waals surface area contributed by atoms with Gasteiger partial charge in [-0.1, -0.05) is 30.3 Å². The van der Waals surface area contributed by atoms with Gasteiger partial charge in [-0.3, -0.25) is 4.90 Å². The topological polar surface area (TPSA) is 50.8 Å². The zero-order valence-electron chi connectivity index (χ0n) is 14.1. The van der Waals surface area contributed by atoms with Crippen LogP contribution < -0.4 is 5.32 Å². The standard InChI is InChI=1S/C18H26N2O3/c1-18(2,3)23-17(21)19-14-12-20(15-9-10-22-16(14)15)11-13-7-5-4-6-8-13/h4-8,14-16H,9-12H2,1-3H3,(H,19,21). The molecule has 0 aromatic heterocycles. The Labute approximate surface area is 137 Å². The summed E-state index contributed by atoms with van der Waals surface area (Å²) in [5, 5.41) is 2.99. The van der Waals surface area contributed by atoms with Crippen molar-refractivity contribution in [2.24, 2.45) is 0 Å². The van der Waals surface area contributed by atoms with Crippen LogP contribution in [0.4, 0.5) is 4.79 Å². The van der Waals surface area contributed by atoms with E-state index in [0.29, 0.717) is 6.04 Å². The second kappa shape index (κ2) is 6.49. The van der Waals surface area contributed by atoms with Gasteiger partial charge in [0.15, 0.2) is 0 Å². The van der Waals surface area contributed by atoms with Crippen molar-refractivity contribution in [1.29, 1.82) is 0 Å². The Morgan fingerprint density at radius 3 is 2.78 bits per heavy atom. The van der Waals surface area contributed by atoms with Crippen molar-refractivity contribution in [2.75, 3.05) is 13.2 Å². The second-order valence-corrected chi connectivity index (χ2v) is 7.36. The lowest BCUT2D eigenvalue weighted by molar-refractivity contribution is 0.0409.